The van der Waals surface area contributed by atoms with Crippen molar-refractivity contribution < 1.29 is 10.2 Å². The molecule has 0 saturated carbocycles. The van der Waals surface area contributed by atoms with Crippen LogP contribution in [-0.2, 0) is 18.6 Å². The van der Waals surface area contributed by atoms with Crippen LogP contribution in [0.15, 0.2) is 30.9 Å². The molecule has 5 heteroatoms. The van der Waals surface area contributed by atoms with Crippen molar-refractivity contribution in [1.29, 1.82) is 0 Å². The molecule has 1 aromatic heterocycles. The molecule has 2 aromatic rings. The van der Waals surface area contributed by atoms with Crippen LogP contribution in [0, 0.1) is 5.41 Å². The normalized spacial score (nSPS) is 24.4. The van der Waals surface area contributed by atoms with E-state index in [1.165, 1.54) is 6.33 Å². The summed E-state index contributed by atoms with van der Waals surface area (Å²) < 4.78 is 1.64. The van der Waals surface area contributed by atoms with Gasteiger partial charge < -0.3 is 10.2 Å². The van der Waals surface area contributed by atoms with Crippen molar-refractivity contribution in [3.63, 3.8) is 0 Å². The van der Waals surface area contributed by atoms with E-state index < -0.39 is 5.60 Å². The van der Waals surface area contributed by atoms with Gasteiger partial charge in [0.1, 0.15) is 24.0 Å². The van der Waals surface area contributed by atoms with Crippen molar-refractivity contribution in [2.24, 2.45) is 5.41 Å². The van der Waals surface area contributed by atoms with Crippen LogP contribution in [0.4, 0.5) is 0 Å². The van der Waals surface area contributed by atoms with Gasteiger partial charge in [0, 0.05) is 5.41 Å². The predicted octanol–water partition coefficient (Wildman–Crippen LogP) is 1.45. The molecule has 1 unspecified atom stereocenters. The van der Waals surface area contributed by atoms with Gasteiger partial charge in [0.25, 0.3) is 0 Å². The van der Waals surface area contributed by atoms with Gasteiger partial charge in [0.05, 0.1) is 6.54 Å². The first kappa shape index (κ1) is 12.2. The van der Waals surface area contributed by atoms with Crippen LogP contribution in [0.25, 0.3) is 0 Å². The Labute approximate surface area is 111 Å². The van der Waals surface area contributed by atoms with E-state index in [1.807, 2.05) is 13.8 Å². The quantitative estimate of drug-likeness (QED) is 0.856. The summed E-state index contributed by atoms with van der Waals surface area (Å²) in [5.41, 5.74) is 0.525. The lowest BCUT2D eigenvalue weighted by Crippen LogP contribution is -2.42. The van der Waals surface area contributed by atoms with Crippen molar-refractivity contribution in [3.05, 3.63) is 42.0 Å². The number of rotatable bonds is 2. The van der Waals surface area contributed by atoms with Crippen LogP contribution in [0.5, 0.6) is 5.75 Å². The number of phenolic OH excluding ortho intramolecular Hbond substituents is 1. The first-order valence-electron chi connectivity index (χ1n) is 6.29. The Morgan fingerprint density at radius 1 is 1.37 bits per heavy atom. The number of aromatic nitrogens is 3. The smallest absolute Gasteiger partial charge is 0.137 e. The molecule has 0 fully saturated rings. The maximum atomic E-state index is 11.2. The van der Waals surface area contributed by atoms with Crippen LogP contribution in [0.2, 0.25) is 0 Å². The summed E-state index contributed by atoms with van der Waals surface area (Å²) in [7, 11) is 0. The third kappa shape index (κ3) is 1.73. The highest BCUT2D eigenvalue weighted by Gasteiger charge is 2.51. The molecule has 1 aliphatic rings. The third-order valence-electron chi connectivity index (χ3n) is 4.14. The lowest BCUT2D eigenvalue weighted by atomic mass is 9.75. The zero-order valence-electron chi connectivity index (χ0n) is 11.0. The molecule has 2 N–H and O–H groups in total. The summed E-state index contributed by atoms with van der Waals surface area (Å²) in [6, 6.07) is 5.15. The molecule has 0 amide bonds. The molecule has 0 aliphatic heterocycles. The minimum Gasteiger partial charge on any atom is -0.508 e. The highest BCUT2D eigenvalue weighted by atomic mass is 16.3. The number of hydrogen-bond acceptors (Lipinski definition) is 4. The van der Waals surface area contributed by atoms with Crippen molar-refractivity contribution in [2.75, 3.05) is 0 Å². The zero-order chi connectivity index (χ0) is 13.7. The van der Waals surface area contributed by atoms with E-state index in [-0.39, 0.29) is 11.2 Å². The maximum absolute atomic E-state index is 11.2. The first-order valence-corrected chi connectivity index (χ1v) is 6.29. The number of fused-ring (bicyclic) bond motifs is 1. The summed E-state index contributed by atoms with van der Waals surface area (Å²) >= 11 is 0. The van der Waals surface area contributed by atoms with Gasteiger partial charge in [-0.2, -0.15) is 5.10 Å². The fourth-order valence-corrected chi connectivity index (χ4v) is 2.96. The van der Waals surface area contributed by atoms with E-state index >= 15 is 0 Å². The Morgan fingerprint density at radius 2 is 2.16 bits per heavy atom. The lowest BCUT2D eigenvalue weighted by molar-refractivity contribution is -0.0754. The second-order valence-electron chi connectivity index (χ2n) is 5.86. The molecule has 3 rings (SSSR count). The number of benzene rings is 1. The van der Waals surface area contributed by atoms with Gasteiger partial charge in [-0.05, 0) is 29.7 Å². The van der Waals surface area contributed by atoms with Gasteiger partial charge in [-0.3, -0.25) is 0 Å². The molecule has 0 spiro atoms. The summed E-state index contributed by atoms with van der Waals surface area (Å²) in [6.45, 7) is 4.42. The largest absolute Gasteiger partial charge is 0.508 e. The molecule has 5 nitrogen and oxygen atoms in total. The number of nitrogens with zero attached hydrogens (tertiary/aromatic N) is 3. The molecule has 1 aromatic carbocycles. The van der Waals surface area contributed by atoms with E-state index in [0.29, 0.717) is 6.54 Å². The van der Waals surface area contributed by atoms with Gasteiger partial charge >= 0.3 is 0 Å². The van der Waals surface area contributed by atoms with Gasteiger partial charge in [-0.1, -0.05) is 19.9 Å². The highest BCUT2D eigenvalue weighted by molar-refractivity contribution is 5.44. The van der Waals surface area contributed by atoms with E-state index in [9.17, 15) is 10.2 Å². The molecule has 1 heterocycles. The standard InChI is InChI=1S/C14H17N3O2/c1-13(2)6-10-5-11(18)3-4-12(10)14(13,19)7-17-9-15-8-16-17/h3-5,8-9,18-19H,6-7H2,1-2H3. The Kier molecular flexibility index (Phi) is 2.44. The molecule has 0 saturated heterocycles. The summed E-state index contributed by atoms with van der Waals surface area (Å²) in [4.78, 5) is 3.91. The second-order valence-corrected chi connectivity index (χ2v) is 5.86. The topological polar surface area (TPSA) is 71.2 Å². The lowest BCUT2D eigenvalue weighted by Gasteiger charge is -2.37. The van der Waals surface area contributed by atoms with Crippen LogP contribution in [-0.4, -0.2) is 25.0 Å². The van der Waals surface area contributed by atoms with Crippen molar-refractivity contribution in [1.82, 2.24) is 14.8 Å². The van der Waals surface area contributed by atoms with Gasteiger partial charge in [0.15, 0.2) is 0 Å². The van der Waals surface area contributed by atoms with E-state index in [1.54, 1.807) is 29.2 Å². The third-order valence-corrected chi connectivity index (χ3v) is 4.14. The summed E-state index contributed by atoms with van der Waals surface area (Å²) in [5.74, 6) is 0.236. The van der Waals surface area contributed by atoms with E-state index in [2.05, 4.69) is 10.1 Å². The molecule has 1 atom stereocenters. The fraction of sp³-hybridized carbons (Fsp3) is 0.429. The van der Waals surface area contributed by atoms with Crippen molar-refractivity contribution in [2.45, 2.75) is 32.4 Å². The molecule has 0 radical (unpaired) electrons. The van der Waals surface area contributed by atoms with Crippen molar-refractivity contribution >= 4 is 0 Å². The number of phenols is 1. The molecular weight excluding hydrogens is 242 g/mol. The second kappa shape index (κ2) is 3.81. The average Bonchev–Trinajstić information content (AvgIpc) is 2.86. The fourth-order valence-electron chi connectivity index (χ4n) is 2.96. The Hall–Kier alpha value is -1.88. The first-order chi connectivity index (χ1) is 8.92. The van der Waals surface area contributed by atoms with E-state index in [4.69, 9.17) is 0 Å². The van der Waals surface area contributed by atoms with Gasteiger partial charge in [-0.15, -0.1) is 0 Å². The summed E-state index contributed by atoms with van der Waals surface area (Å²) in [6.07, 6.45) is 3.79. The maximum Gasteiger partial charge on any atom is 0.137 e. The SMILES string of the molecule is CC1(C)Cc2cc(O)ccc2C1(O)Cn1cncn1. The Bertz CT molecular complexity index is 607. The number of aliphatic hydroxyl groups is 1. The Balaban J connectivity index is 2.08. The Morgan fingerprint density at radius 3 is 2.84 bits per heavy atom. The molecule has 0 bridgehead atoms. The molecule has 19 heavy (non-hydrogen) atoms. The highest BCUT2D eigenvalue weighted by Crippen LogP contribution is 2.51. The minimum absolute atomic E-state index is 0.236. The predicted molar refractivity (Wildman–Crippen MR) is 69.5 cm³/mol. The summed E-state index contributed by atoms with van der Waals surface area (Å²) in [5, 5.41) is 24.8. The average molecular weight is 259 g/mol. The van der Waals surface area contributed by atoms with Crippen LogP contribution in [0.1, 0.15) is 25.0 Å². The molecular formula is C14H17N3O2. The zero-order valence-corrected chi connectivity index (χ0v) is 11.0. The van der Waals surface area contributed by atoms with Crippen LogP contribution < -0.4 is 0 Å². The van der Waals surface area contributed by atoms with Crippen LogP contribution in [0.3, 0.4) is 0 Å². The molecule has 100 valence electrons. The van der Waals surface area contributed by atoms with Crippen molar-refractivity contribution in [3.8, 4) is 5.75 Å². The number of hydrogen-bond donors (Lipinski definition) is 2. The van der Waals surface area contributed by atoms with Gasteiger partial charge in [0.2, 0.25) is 0 Å². The molecule has 1 aliphatic carbocycles. The number of aromatic hydroxyl groups is 1. The van der Waals surface area contributed by atoms with E-state index in [0.717, 1.165) is 17.5 Å². The van der Waals surface area contributed by atoms with Crippen LogP contribution >= 0.6 is 0 Å². The van der Waals surface area contributed by atoms with Gasteiger partial charge in [-0.25, -0.2) is 9.67 Å². The monoisotopic (exact) mass is 259 g/mol. The minimum atomic E-state index is -1.01.